The SMILES string of the molecule is Cc1c(C(=O)O[C@H](C)C(=O)NCc2ccccc2)oc2ccc(Br)cc12. The summed E-state index contributed by atoms with van der Waals surface area (Å²) >= 11 is 3.40. The van der Waals surface area contributed by atoms with Crippen LogP contribution in [0.3, 0.4) is 0 Å². The third-order valence-electron chi connectivity index (χ3n) is 4.05. The monoisotopic (exact) mass is 415 g/mol. The van der Waals surface area contributed by atoms with E-state index in [1.807, 2.05) is 42.5 Å². The third kappa shape index (κ3) is 3.96. The van der Waals surface area contributed by atoms with Gasteiger partial charge < -0.3 is 14.5 Å². The number of rotatable bonds is 5. The van der Waals surface area contributed by atoms with Gasteiger partial charge in [0, 0.05) is 22.0 Å². The summed E-state index contributed by atoms with van der Waals surface area (Å²) in [4.78, 5) is 24.6. The second-order valence-corrected chi connectivity index (χ2v) is 6.86. The first-order chi connectivity index (χ1) is 12.5. The van der Waals surface area contributed by atoms with Crippen LogP contribution in [0.1, 0.15) is 28.6 Å². The smallest absolute Gasteiger partial charge is 0.375 e. The van der Waals surface area contributed by atoms with E-state index in [1.165, 1.54) is 6.92 Å². The Morgan fingerprint density at radius 3 is 2.65 bits per heavy atom. The zero-order chi connectivity index (χ0) is 18.7. The summed E-state index contributed by atoms with van der Waals surface area (Å²) in [5, 5.41) is 3.58. The van der Waals surface area contributed by atoms with Crippen molar-refractivity contribution >= 4 is 38.8 Å². The van der Waals surface area contributed by atoms with Crippen LogP contribution in [0.4, 0.5) is 0 Å². The van der Waals surface area contributed by atoms with Gasteiger partial charge in [-0.2, -0.15) is 0 Å². The van der Waals surface area contributed by atoms with Crippen molar-refractivity contribution in [2.24, 2.45) is 0 Å². The number of ether oxygens (including phenoxy) is 1. The fourth-order valence-corrected chi connectivity index (χ4v) is 2.95. The number of benzene rings is 2. The van der Waals surface area contributed by atoms with Gasteiger partial charge in [-0.25, -0.2) is 4.79 Å². The Morgan fingerprint density at radius 2 is 1.92 bits per heavy atom. The number of hydrogen-bond acceptors (Lipinski definition) is 4. The van der Waals surface area contributed by atoms with Crippen LogP contribution in [0.2, 0.25) is 0 Å². The van der Waals surface area contributed by atoms with Gasteiger partial charge in [0.25, 0.3) is 5.91 Å². The fourth-order valence-electron chi connectivity index (χ4n) is 2.58. The van der Waals surface area contributed by atoms with Crippen LogP contribution in [0.15, 0.2) is 57.4 Å². The van der Waals surface area contributed by atoms with E-state index in [0.717, 1.165) is 15.4 Å². The molecule has 5 nitrogen and oxygen atoms in total. The van der Waals surface area contributed by atoms with E-state index in [1.54, 1.807) is 13.0 Å². The van der Waals surface area contributed by atoms with Crippen molar-refractivity contribution < 1.29 is 18.7 Å². The van der Waals surface area contributed by atoms with Gasteiger partial charge in [-0.05, 0) is 37.6 Å². The number of carbonyl (C=O) groups is 2. The molecule has 3 rings (SSSR count). The van der Waals surface area contributed by atoms with Crippen molar-refractivity contribution in [1.29, 1.82) is 0 Å². The summed E-state index contributed by atoms with van der Waals surface area (Å²) in [6.07, 6.45) is -0.925. The molecule has 1 aromatic heterocycles. The van der Waals surface area contributed by atoms with Crippen LogP contribution < -0.4 is 5.32 Å². The minimum absolute atomic E-state index is 0.112. The lowest BCUT2D eigenvalue weighted by molar-refractivity contribution is -0.129. The highest BCUT2D eigenvalue weighted by Gasteiger charge is 2.24. The van der Waals surface area contributed by atoms with E-state index in [-0.39, 0.29) is 11.7 Å². The van der Waals surface area contributed by atoms with Crippen LogP contribution in [0.25, 0.3) is 11.0 Å². The second kappa shape index (κ2) is 7.74. The van der Waals surface area contributed by atoms with Crippen LogP contribution in [0, 0.1) is 6.92 Å². The first-order valence-corrected chi connectivity index (χ1v) is 8.96. The van der Waals surface area contributed by atoms with Crippen molar-refractivity contribution in [2.75, 3.05) is 0 Å². The number of furan rings is 1. The molecule has 1 amide bonds. The minimum Gasteiger partial charge on any atom is -0.449 e. The number of halogens is 1. The van der Waals surface area contributed by atoms with E-state index in [2.05, 4.69) is 21.2 Å². The molecule has 1 atom stereocenters. The zero-order valence-corrected chi connectivity index (χ0v) is 16.0. The molecule has 0 saturated heterocycles. The maximum absolute atomic E-state index is 12.4. The van der Waals surface area contributed by atoms with Crippen LogP contribution in [0.5, 0.6) is 0 Å². The van der Waals surface area contributed by atoms with Gasteiger partial charge in [0.1, 0.15) is 5.58 Å². The number of esters is 1. The second-order valence-electron chi connectivity index (χ2n) is 5.95. The molecule has 0 saturated carbocycles. The molecule has 0 bridgehead atoms. The summed E-state index contributed by atoms with van der Waals surface area (Å²) in [7, 11) is 0. The van der Waals surface area contributed by atoms with Gasteiger partial charge in [0.2, 0.25) is 5.76 Å². The average molecular weight is 416 g/mol. The molecule has 3 aromatic rings. The lowest BCUT2D eigenvalue weighted by Gasteiger charge is -2.13. The number of fused-ring (bicyclic) bond motifs is 1. The predicted molar refractivity (Wildman–Crippen MR) is 102 cm³/mol. The molecule has 1 N–H and O–H groups in total. The predicted octanol–water partition coefficient (Wildman–Crippen LogP) is 4.37. The van der Waals surface area contributed by atoms with E-state index in [9.17, 15) is 9.59 Å². The maximum Gasteiger partial charge on any atom is 0.375 e. The van der Waals surface area contributed by atoms with Gasteiger partial charge in [0.05, 0.1) is 0 Å². The Balaban J connectivity index is 1.65. The van der Waals surface area contributed by atoms with Crippen molar-refractivity contribution in [2.45, 2.75) is 26.5 Å². The van der Waals surface area contributed by atoms with Gasteiger partial charge in [0.15, 0.2) is 6.10 Å². The summed E-state index contributed by atoms with van der Waals surface area (Å²) in [6.45, 7) is 3.70. The van der Waals surface area contributed by atoms with Gasteiger partial charge >= 0.3 is 5.97 Å². The van der Waals surface area contributed by atoms with Crippen molar-refractivity contribution in [1.82, 2.24) is 5.32 Å². The molecule has 1 heterocycles. The number of hydrogen-bond donors (Lipinski definition) is 1. The number of aryl methyl sites for hydroxylation is 1. The van der Waals surface area contributed by atoms with Crippen LogP contribution in [-0.4, -0.2) is 18.0 Å². The highest BCUT2D eigenvalue weighted by Crippen LogP contribution is 2.28. The third-order valence-corrected chi connectivity index (χ3v) is 4.54. The molecule has 0 spiro atoms. The molecule has 0 aliphatic heterocycles. The van der Waals surface area contributed by atoms with Gasteiger partial charge in [-0.3, -0.25) is 4.79 Å². The molecule has 2 aromatic carbocycles. The minimum atomic E-state index is -0.925. The quantitative estimate of drug-likeness (QED) is 0.628. The highest BCUT2D eigenvalue weighted by atomic mass is 79.9. The number of carbonyl (C=O) groups excluding carboxylic acids is 2. The molecule has 0 fully saturated rings. The summed E-state index contributed by atoms with van der Waals surface area (Å²) in [6, 6.07) is 15.0. The molecular formula is C20H18BrNO4. The number of amides is 1. The topological polar surface area (TPSA) is 68.5 Å². The Bertz CT molecular complexity index is 949. The normalized spacial score (nSPS) is 12.0. The van der Waals surface area contributed by atoms with Crippen molar-refractivity contribution in [3.8, 4) is 0 Å². The van der Waals surface area contributed by atoms with Gasteiger partial charge in [-0.15, -0.1) is 0 Å². The van der Waals surface area contributed by atoms with Crippen LogP contribution in [-0.2, 0) is 16.1 Å². The van der Waals surface area contributed by atoms with E-state index in [4.69, 9.17) is 9.15 Å². The summed E-state index contributed by atoms with van der Waals surface area (Å²) in [5.41, 5.74) is 2.25. The number of nitrogens with one attached hydrogen (secondary N) is 1. The largest absolute Gasteiger partial charge is 0.449 e. The zero-order valence-electron chi connectivity index (χ0n) is 14.4. The standard InChI is InChI=1S/C20H18BrNO4/c1-12-16-10-15(21)8-9-17(16)26-18(12)20(24)25-13(2)19(23)22-11-14-6-4-3-5-7-14/h3-10,13H,11H2,1-2H3,(H,22,23)/t13-/m1/s1. The van der Waals surface area contributed by atoms with Crippen LogP contribution >= 0.6 is 15.9 Å². The fraction of sp³-hybridized carbons (Fsp3) is 0.200. The maximum atomic E-state index is 12.4. The lowest BCUT2D eigenvalue weighted by atomic mass is 10.1. The molecular weight excluding hydrogens is 398 g/mol. The first kappa shape index (κ1) is 18.2. The Kier molecular flexibility index (Phi) is 5.42. The molecule has 134 valence electrons. The Labute approximate surface area is 159 Å². The summed E-state index contributed by atoms with van der Waals surface area (Å²) in [5.74, 6) is -0.906. The highest BCUT2D eigenvalue weighted by molar-refractivity contribution is 9.10. The molecule has 6 heteroatoms. The Hall–Kier alpha value is -2.60. The molecule has 0 aliphatic rings. The average Bonchev–Trinajstić information content (AvgIpc) is 2.97. The van der Waals surface area contributed by atoms with Crippen molar-refractivity contribution in [3.05, 3.63) is 69.9 Å². The van der Waals surface area contributed by atoms with E-state index >= 15 is 0 Å². The Morgan fingerprint density at radius 1 is 1.19 bits per heavy atom. The lowest BCUT2D eigenvalue weighted by Crippen LogP contribution is -2.35. The molecule has 26 heavy (non-hydrogen) atoms. The first-order valence-electron chi connectivity index (χ1n) is 8.17. The van der Waals surface area contributed by atoms with E-state index in [0.29, 0.717) is 17.7 Å². The van der Waals surface area contributed by atoms with E-state index < -0.39 is 12.1 Å². The van der Waals surface area contributed by atoms with Gasteiger partial charge in [-0.1, -0.05) is 46.3 Å². The summed E-state index contributed by atoms with van der Waals surface area (Å²) < 4.78 is 11.8. The van der Waals surface area contributed by atoms with Crippen molar-refractivity contribution in [3.63, 3.8) is 0 Å². The molecule has 0 radical (unpaired) electrons. The molecule has 0 unspecified atom stereocenters. The molecule has 0 aliphatic carbocycles.